The van der Waals surface area contributed by atoms with Gasteiger partial charge in [0.15, 0.2) is 0 Å². The van der Waals surface area contributed by atoms with Gasteiger partial charge in [-0.25, -0.2) is 4.98 Å². The minimum absolute atomic E-state index is 0.547. The topological polar surface area (TPSA) is 47.0 Å². The average molecular weight is 229 g/mol. The highest BCUT2D eigenvalue weighted by Crippen LogP contribution is 2.24. The van der Waals surface area contributed by atoms with Crippen LogP contribution in [0.4, 0.5) is 5.95 Å². The summed E-state index contributed by atoms with van der Waals surface area (Å²) in [7, 11) is 1.78. The standard InChI is InChI=1S/C13H15N3O/c1-3-10-6-4-5-7-11(10)17-12-8-9-15-13(14-2)16-12/h4-9H,3H2,1-2H3,(H,14,15,16). The number of hydrogen-bond acceptors (Lipinski definition) is 4. The van der Waals surface area contributed by atoms with Crippen molar-refractivity contribution in [3.05, 3.63) is 42.1 Å². The number of nitrogens with zero attached hydrogens (tertiary/aromatic N) is 2. The number of para-hydroxylation sites is 1. The Morgan fingerprint density at radius 3 is 2.82 bits per heavy atom. The van der Waals surface area contributed by atoms with Crippen LogP contribution in [0.5, 0.6) is 11.6 Å². The predicted octanol–water partition coefficient (Wildman–Crippen LogP) is 2.87. The van der Waals surface area contributed by atoms with Crippen LogP contribution in [0.1, 0.15) is 12.5 Å². The van der Waals surface area contributed by atoms with Gasteiger partial charge in [0, 0.05) is 19.3 Å². The summed E-state index contributed by atoms with van der Waals surface area (Å²) in [6.45, 7) is 2.10. The van der Waals surface area contributed by atoms with Gasteiger partial charge in [-0.3, -0.25) is 0 Å². The summed E-state index contributed by atoms with van der Waals surface area (Å²) in [5.74, 6) is 1.94. The highest BCUT2D eigenvalue weighted by Gasteiger charge is 2.04. The van der Waals surface area contributed by atoms with Gasteiger partial charge in [-0.1, -0.05) is 25.1 Å². The third-order valence-corrected chi connectivity index (χ3v) is 2.42. The third-order valence-electron chi connectivity index (χ3n) is 2.42. The molecule has 1 aromatic heterocycles. The molecule has 0 bridgehead atoms. The molecule has 0 fully saturated rings. The summed E-state index contributed by atoms with van der Waals surface area (Å²) in [5, 5.41) is 2.88. The summed E-state index contributed by atoms with van der Waals surface area (Å²) >= 11 is 0. The van der Waals surface area contributed by atoms with Crippen LogP contribution in [0.25, 0.3) is 0 Å². The van der Waals surface area contributed by atoms with E-state index in [2.05, 4.69) is 28.3 Å². The molecule has 0 spiro atoms. The molecule has 0 aliphatic rings. The Morgan fingerprint density at radius 1 is 1.24 bits per heavy atom. The fraction of sp³-hybridized carbons (Fsp3) is 0.231. The van der Waals surface area contributed by atoms with Crippen LogP contribution >= 0.6 is 0 Å². The van der Waals surface area contributed by atoms with Gasteiger partial charge in [0.05, 0.1) is 0 Å². The van der Waals surface area contributed by atoms with E-state index in [1.54, 1.807) is 19.3 Å². The number of hydrogen-bond donors (Lipinski definition) is 1. The van der Waals surface area contributed by atoms with Crippen LogP contribution in [0.3, 0.4) is 0 Å². The number of aromatic nitrogens is 2. The van der Waals surface area contributed by atoms with Crippen molar-refractivity contribution in [1.82, 2.24) is 9.97 Å². The fourth-order valence-electron chi connectivity index (χ4n) is 1.53. The lowest BCUT2D eigenvalue weighted by Crippen LogP contribution is -1.98. The van der Waals surface area contributed by atoms with E-state index in [0.29, 0.717) is 11.8 Å². The quantitative estimate of drug-likeness (QED) is 0.875. The molecular formula is C13H15N3O. The van der Waals surface area contributed by atoms with E-state index in [0.717, 1.165) is 17.7 Å². The maximum Gasteiger partial charge on any atom is 0.225 e. The molecule has 1 aromatic carbocycles. The van der Waals surface area contributed by atoms with E-state index in [4.69, 9.17) is 4.74 Å². The molecule has 0 aliphatic carbocycles. The molecule has 0 amide bonds. The van der Waals surface area contributed by atoms with Gasteiger partial charge in [0.1, 0.15) is 5.75 Å². The largest absolute Gasteiger partial charge is 0.439 e. The molecule has 1 N–H and O–H groups in total. The second-order valence-corrected chi connectivity index (χ2v) is 3.53. The maximum atomic E-state index is 5.75. The summed E-state index contributed by atoms with van der Waals surface area (Å²) in [4.78, 5) is 8.26. The van der Waals surface area contributed by atoms with Crippen LogP contribution in [-0.2, 0) is 6.42 Å². The van der Waals surface area contributed by atoms with Crippen molar-refractivity contribution in [1.29, 1.82) is 0 Å². The molecule has 0 atom stereocenters. The summed E-state index contributed by atoms with van der Waals surface area (Å²) < 4.78 is 5.75. The summed E-state index contributed by atoms with van der Waals surface area (Å²) in [5.41, 5.74) is 1.16. The first-order valence-corrected chi connectivity index (χ1v) is 5.60. The van der Waals surface area contributed by atoms with E-state index in [1.165, 1.54) is 0 Å². The van der Waals surface area contributed by atoms with Crippen molar-refractivity contribution in [2.75, 3.05) is 12.4 Å². The normalized spacial score (nSPS) is 10.0. The second kappa shape index (κ2) is 5.30. The molecule has 0 saturated carbocycles. The van der Waals surface area contributed by atoms with Gasteiger partial charge < -0.3 is 10.1 Å². The highest BCUT2D eigenvalue weighted by atomic mass is 16.5. The lowest BCUT2D eigenvalue weighted by molar-refractivity contribution is 0.457. The zero-order valence-corrected chi connectivity index (χ0v) is 9.97. The van der Waals surface area contributed by atoms with Crippen molar-refractivity contribution >= 4 is 5.95 Å². The number of rotatable bonds is 4. The molecule has 1 heterocycles. The van der Waals surface area contributed by atoms with Crippen LogP contribution < -0.4 is 10.1 Å². The molecule has 4 nitrogen and oxygen atoms in total. The number of anilines is 1. The van der Waals surface area contributed by atoms with Crippen LogP contribution in [0.15, 0.2) is 36.5 Å². The summed E-state index contributed by atoms with van der Waals surface area (Å²) in [6.07, 6.45) is 2.60. The van der Waals surface area contributed by atoms with Crippen molar-refractivity contribution in [3.63, 3.8) is 0 Å². The highest BCUT2D eigenvalue weighted by molar-refractivity contribution is 5.37. The lowest BCUT2D eigenvalue weighted by atomic mass is 10.1. The fourth-order valence-corrected chi connectivity index (χ4v) is 1.53. The van der Waals surface area contributed by atoms with E-state index in [1.807, 2.05) is 18.2 Å². The Balaban J connectivity index is 2.24. The molecule has 0 unspecified atom stereocenters. The Bertz CT molecular complexity index is 500. The molecular weight excluding hydrogens is 214 g/mol. The lowest BCUT2D eigenvalue weighted by Gasteiger charge is -2.09. The first-order chi connectivity index (χ1) is 8.33. The van der Waals surface area contributed by atoms with Crippen LogP contribution in [-0.4, -0.2) is 17.0 Å². The van der Waals surface area contributed by atoms with Gasteiger partial charge in [-0.15, -0.1) is 0 Å². The maximum absolute atomic E-state index is 5.75. The second-order valence-electron chi connectivity index (χ2n) is 3.53. The SMILES string of the molecule is CCc1ccccc1Oc1ccnc(NC)n1. The minimum Gasteiger partial charge on any atom is -0.439 e. The van der Waals surface area contributed by atoms with E-state index < -0.39 is 0 Å². The van der Waals surface area contributed by atoms with Crippen molar-refractivity contribution < 1.29 is 4.74 Å². The molecule has 2 rings (SSSR count). The molecule has 88 valence electrons. The molecule has 17 heavy (non-hydrogen) atoms. The summed E-state index contributed by atoms with van der Waals surface area (Å²) in [6, 6.07) is 9.70. The van der Waals surface area contributed by atoms with Gasteiger partial charge in [0.25, 0.3) is 0 Å². The van der Waals surface area contributed by atoms with Crippen molar-refractivity contribution in [2.45, 2.75) is 13.3 Å². The van der Waals surface area contributed by atoms with E-state index in [9.17, 15) is 0 Å². The first kappa shape index (κ1) is 11.4. The minimum atomic E-state index is 0.547. The average Bonchev–Trinajstić information content (AvgIpc) is 2.39. The Labute approximate surface area is 101 Å². The van der Waals surface area contributed by atoms with E-state index >= 15 is 0 Å². The molecule has 2 aromatic rings. The Kier molecular flexibility index (Phi) is 3.55. The smallest absolute Gasteiger partial charge is 0.225 e. The van der Waals surface area contributed by atoms with Crippen molar-refractivity contribution in [2.24, 2.45) is 0 Å². The third kappa shape index (κ3) is 2.72. The number of nitrogens with one attached hydrogen (secondary N) is 1. The first-order valence-electron chi connectivity index (χ1n) is 5.60. The van der Waals surface area contributed by atoms with Crippen LogP contribution in [0, 0.1) is 0 Å². The Morgan fingerprint density at radius 2 is 2.06 bits per heavy atom. The molecule has 0 aliphatic heterocycles. The monoisotopic (exact) mass is 229 g/mol. The molecule has 0 radical (unpaired) electrons. The molecule has 0 saturated heterocycles. The zero-order valence-electron chi connectivity index (χ0n) is 9.97. The predicted molar refractivity (Wildman–Crippen MR) is 67.5 cm³/mol. The number of benzene rings is 1. The Hall–Kier alpha value is -2.10. The van der Waals surface area contributed by atoms with E-state index in [-0.39, 0.29) is 0 Å². The van der Waals surface area contributed by atoms with Crippen LogP contribution in [0.2, 0.25) is 0 Å². The van der Waals surface area contributed by atoms with Crippen molar-refractivity contribution in [3.8, 4) is 11.6 Å². The zero-order chi connectivity index (χ0) is 12.1. The molecule has 4 heteroatoms. The number of ether oxygens (including phenoxy) is 1. The number of aryl methyl sites for hydroxylation is 1. The van der Waals surface area contributed by atoms with Gasteiger partial charge in [-0.2, -0.15) is 4.98 Å². The van der Waals surface area contributed by atoms with Gasteiger partial charge >= 0.3 is 0 Å². The van der Waals surface area contributed by atoms with Gasteiger partial charge in [-0.05, 0) is 18.1 Å². The van der Waals surface area contributed by atoms with Gasteiger partial charge in [0.2, 0.25) is 11.8 Å².